The van der Waals surface area contributed by atoms with Gasteiger partial charge in [0.15, 0.2) is 16.9 Å². The third-order valence-corrected chi connectivity index (χ3v) is 3.43. The summed E-state index contributed by atoms with van der Waals surface area (Å²) in [6.45, 7) is 1.05. The second-order valence-electron chi connectivity index (χ2n) is 3.17. The maximum atomic E-state index is 13.1. The van der Waals surface area contributed by atoms with Crippen LogP contribution in [-0.2, 0) is 10.0 Å². The molecule has 0 aliphatic heterocycles. The van der Waals surface area contributed by atoms with Crippen molar-refractivity contribution in [3.8, 4) is 6.07 Å². The van der Waals surface area contributed by atoms with Crippen LogP contribution in [0.3, 0.4) is 0 Å². The van der Waals surface area contributed by atoms with Crippen LogP contribution < -0.4 is 4.72 Å². The lowest BCUT2D eigenvalue weighted by Crippen LogP contribution is -2.24. The van der Waals surface area contributed by atoms with Crippen LogP contribution in [0.25, 0.3) is 0 Å². The van der Waals surface area contributed by atoms with E-state index in [-0.39, 0.29) is 6.07 Å². The van der Waals surface area contributed by atoms with Crippen LogP contribution in [-0.4, -0.2) is 13.7 Å². The fourth-order valence-corrected chi connectivity index (χ4v) is 1.71. The van der Waals surface area contributed by atoms with Gasteiger partial charge in [0.2, 0.25) is 10.0 Å². The normalized spacial score (nSPS) is 12.9. The van der Waals surface area contributed by atoms with E-state index in [1.54, 1.807) is 4.72 Å². The molecule has 0 aliphatic carbocycles. The van der Waals surface area contributed by atoms with Crippen molar-refractivity contribution in [1.82, 2.24) is 0 Å². The lowest BCUT2D eigenvalue weighted by atomic mass is 10.3. The third kappa shape index (κ3) is 2.88. The fraction of sp³-hybridized carbons (Fsp3) is 0.222. The van der Waals surface area contributed by atoms with E-state index in [4.69, 9.17) is 5.26 Å². The van der Waals surface area contributed by atoms with E-state index in [2.05, 4.69) is 0 Å². The minimum Gasteiger partial charge on any atom is -0.279 e. The van der Waals surface area contributed by atoms with Gasteiger partial charge in [-0.15, -0.1) is 0 Å². The average molecular weight is 264 g/mol. The molecule has 4 nitrogen and oxygen atoms in total. The van der Waals surface area contributed by atoms with Crippen molar-refractivity contribution in [1.29, 1.82) is 5.26 Å². The van der Waals surface area contributed by atoms with Crippen LogP contribution >= 0.6 is 0 Å². The maximum absolute atomic E-state index is 13.1. The number of nitrogens with zero attached hydrogens (tertiary/aromatic N) is 1. The van der Waals surface area contributed by atoms with Gasteiger partial charge in [0, 0.05) is 12.1 Å². The van der Waals surface area contributed by atoms with E-state index in [0.717, 1.165) is 6.92 Å². The molecule has 1 aromatic carbocycles. The first-order valence-corrected chi connectivity index (χ1v) is 5.88. The molecule has 17 heavy (non-hydrogen) atoms. The van der Waals surface area contributed by atoms with Gasteiger partial charge in [-0.3, -0.25) is 4.72 Å². The van der Waals surface area contributed by atoms with Crippen LogP contribution in [0.2, 0.25) is 0 Å². The number of hydrogen-bond acceptors (Lipinski definition) is 3. The molecule has 0 saturated heterocycles. The Bertz CT molecular complexity index is 581. The fourth-order valence-electron chi connectivity index (χ4n) is 0.941. The van der Waals surface area contributed by atoms with E-state index >= 15 is 0 Å². The zero-order valence-electron chi connectivity index (χ0n) is 8.54. The molecule has 8 heteroatoms. The van der Waals surface area contributed by atoms with Gasteiger partial charge in [-0.05, 0) is 6.92 Å². The molecule has 92 valence electrons. The Morgan fingerprint density at radius 3 is 2.47 bits per heavy atom. The summed E-state index contributed by atoms with van der Waals surface area (Å²) < 4.78 is 63.0. The SMILES string of the molecule is CC(C#N)S(=O)(=O)Nc1cc(F)cc(F)c1F. The topological polar surface area (TPSA) is 70.0 Å². The summed E-state index contributed by atoms with van der Waals surface area (Å²) in [5.41, 5.74) is -0.871. The molecule has 1 atom stereocenters. The Labute approximate surface area is 95.7 Å². The summed E-state index contributed by atoms with van der Waals surface area (Å²) in [6, 6.07) is 2.18. The Morgan fingerprint density at radius 2 is 1.94 bits per heavy atom. The minimum atomic E-state index is -4.20. The van der Waals surface area contributed by atoms with Gasteiger partial charge in [-0.2, -0.15) is 5.26 Å². The lowest BCUT2D eigenvalue weighted by molar-refractivity contribution is 0.498. The molecule has 0 amide bonds. The quantitative estimate of drug-likeness (QED) is 0.845. The molecule has 0 aliphatic rings. The highest BCUT2D eigenvalue weighted by Crippen LogP contribution is 2.21. The number of halogens is 3. The van der Waals surface area contributed by atoms with Gasteiger partial charge in [0.1, 0.15) is 5.82 Å². The van der Waals surface area contributed by atoms with Crippen molar-refractivity contribution in [3.05, 3.63) is 29.6 Å². The van der Waals surface area contributed by atoms with E-state index in [0.29, 0.717) is 6.07 Å². The van der Waals surface area contributed by atoms with Crippen LogP contribution in [0.15, 0.2) is 12.1 Å². The molecule has 0 fully saturated rings. The third-order valence-electron chi connectivity index (χ3n) is 1.89. The second-order valence-corrected chi connectivity index (χ2v) is 5.17. The Hall–Kier alpha value is -1.75. The van der Waals surface area contributed by atoms with Gasteiger partial charge in [-0.1, -0.05) is 0 Å². The van der Waals surface area contributed by atoms with Crippen molar-refractivity contribution in [2.75, 3.05) is 4.72 Å². The molecule has 0 aromatic heterocycles. The van der Waals surface area contributed by atoms with Gasteiger partial charge in [0.25, 0.3) is 0 Å². The summed E-state index contributed by atoms with van der Waals surface area (Å²) in [5.74, 6) is -4.18. The average Bonchev–Trinajstić information content (AvgIpc) is 2.23. The highest BCUT2D eigenvalue weighted by molar-refractivity contribution is 7.93. The second kappa shape index (κ2) is 4.63. The number of nitrogens with one attached hydrogen (secondary N) is 1. The van der Waals surface area contributed by atoms with Gasteiger partial charge < -0.3 is 0 Å². The minimum absolute atomic E-state index is 0.279. The van der Waals surface area contributed by atoms with E-state index in [1.165, 1.54) is 6.07 Å². The van der Waals surface area contributed by atoms with Gasteiger partial charge >= 0.3 is 0 Å². The Morgan fingerprint density at radius 1 is 1.35 bits per heavy atom. The number of benzene rings is 1. The van der Waals surface area contributed by atoms with Crippen molar-refractivity contribution in [2.24, 2.45) is 0 Å². The number of rotatable bonds is 3. The van der Waals surface area contributed by atoms with Crippen LogP contribution in [0.5, 0.6) is 0 Å². The molecule has 0 heterocycles. The predicted octanol–water partition coefficient (Wildman–Crippen LogP) is 1.76. The number of anilines is 1. The van der Waals surface area contributed by atoms with Crippen LogP contribution in [0, 0.1) is 28.8 Å². The largest absolute Gasteiger partial charge is 0.279 e. The van der Waals surface area contributed by atoms with Crippen LogP contribution in [0.1, 0.15) is 6.92 Å². The zero-order valence-corrected chi connectivity index (χ0v) is 9.35. The molecule has 0 saturated carbocycles. The Balaban J connectivity index is 3.18. The van der Waals surface area contributed by atoms with E-state index in [9.17, 15) is 21.6 Å². The monoisotopic (exact) mass is 264 g/mol. The highest BCUT2D eigenvalue weighted by Gasteiger charge is 2.23. The molecule has 0 spiro atoms. The first-order chi connectivity index (χ1) is 7.77. The molecule has 1 N–H and O–H groups in total. The molecule has 1 unspecified atom stereocenters. The van der Waals surface area contributed by atoms with Crippen molar-refractivity contribution < 1.29 is 21.6 Å². The number of nitriles is 1. The maximum Gasteiger partial charge on any atom is 0.248 e. The van der Waals surface area contributed by atoms with E-state index < -0.39 is 38.4 Å². The van der Waals surface area contributed by atoms with Crippen LogP contribution in [0.4, 0.5) is 18.9 Å². The number of sulfonamides is 1. The molecular formula is C9H7F3N2O2S. The first kappa shape index (κ1) is 13.3. The Kier molecular flexibility index (Phi) is 3.63. The standard InChI is InChI=1S/C9H7F3N2O2S/c1-5(4-13)17(15,16)14-8-3-6(10)2-7(11)9(8)12/h2-3,5,14H,1H3. The highest BCUT2D eigenvalue weighted by atomic mass is 32.2. The summed E-state index contributed by atoms with van der Waals surface area (Å²) >= 11 is 0. The van der Waals surface area contributed by atoms with Gasteiger partial charge in [0.05, 0.1) is 11.8 Å². The predicted molar refractivity (Wildman–Crippen MR) is 53.9 cm³/mol. The van der Waals surface area contributed by atoms with Crippen molar-refractivity contribution in [2.45, 2.75) is 12.2 Å². The first-order valence-electron chi connectivity index (χ1n) is 4.33. The summed E-state index contributed by atoms with van der Waals surface area (Å²) in [7, 11) is -4.20. The molecule has 0 radical (unpaired) electrons. The zero-order chi connectivity index (χ0) is 13.2. The lowest BCUT2D eigenvalue weighted by Gasteiger charge is -2.10. The smallest absolute Gasteiger partial charge is 0.248 e. The van der Waals surface area contributed by atoms with Gasteiger partial charge in [-0.25, -0.2) is 21.6 Å². The summed E-state index contributed by atoms with van der Waals surface area (Å²) in [5, 5.41) is 6.94. The molecule has 1 rings (SSSR count). The molecular weight excluding hydrogens is 257 g/mol. The summed E-state index contributed by atoms with van der Waals surface area (Å²) in [6.07, 6.45) is 0. The number of hydrogen-bond donors (Lipinski definition) is 1. The van der Waals surface area contributed by atoms with Crippen molar-refractivity contribution in [3.63, 3.8) is 0 Å². The molecule has 0 bridgehead atoms. The van der Waals surface area contributed by atoms with E-state index in [1.807, 2.05) is 0 Å². The summed E-state index contributed by atoms with van der Waals surface area (Å²) in [4.78, 5) is 0. The van der Waals surface area contributed by atoms with Crippen molar-refractivity contribution >= 4 is 15.7 Å². The molecule has 1 aromatic rings.